The molecule has 0 spiro atoms. The van der Waals surface area contributed by atoms with Crippen molar-refractivity contribution in [1.29, 1.82) is 5.26 Å². The normalized spacial score (nSPS) is 9.74. The van der Waals surface area contributed by atoms with Gasteiger partial charge in [0.2, 0.25) is 0 Å². The zero-order valence-corrected chi connectivity index (χ0v) is 13.0. The molecule has 0 aliphatic heterocycles. The van der Waals surface area contributed by atoms with E-state index in [1.165, 1.54) is 0 Å². The number of rotatable bonds is 6. The molecule has 0 fully saturated rings. The molecule has 2 aromatic rings. The van der Waals surface area contributed by atoms with Gasteiger partial charge in [0.1, 0.15) is 5.75 Å². The number of nitrogens with one attached hydrogen (secondary N) is 1. The van der Waals surface area contributed by atoms with Crippen molar-refractivity contribution >= 4 is 11.7 Å². The van der Waals surface area contributed by atoms with Crippen molar-refractivity contribution in [2.45, 2.75) is 13.0 Å². The van der Waals surface area contributed by atoms with Crippen molar-refractivity contribution in [1.82, 2.24) is 4.90 Å². The minimum absolute atomic E-state index is 0.239. The summed E-state index contributed by atoms with van der Waals surface area (Å²) in [4.78, 5) is 14.1. The fraction of sp³-hybridized carbons (Fsp3) is 0.222. The lowest BCUT2D eigenvalue weighted by Gasteiger charge is -2.22. The molecular weight excluding hydrogens is 290 g/mol. The molecule has 0 radical (unpaired) electrons. The van der Waals surface area contributed by atoms with Crippen LogP contribution in [0.5, 0.6) is 5.75 Å². The smallest absolute Gasteiger partial charge is 0.322 e. The third kappa shape index (κ3) is 5.04. The van der Waals surface area contributed by atoms with Crippen LogP contribution >= 0.6 is 0 Å². The van der Waals surface area contributed by atoms with Crippen LogP contribution in [0.15, 0.2) is 54.6 Å². The zero-order chi connectivity index (χ0) is 16.5. The minimum Gasteiger partial charge on any atom is -0.497 e. The molecule has 0 saturated carbocycles. The van der Waals surface area contributed by atoms with Crippen molar-refractivity contribution in [3.63, 3.8) is 0 Å². The van der Waals surface area contributed by atoms with E-state index >= 15 is 0 Å². The fourth-order valence-electron chi connectivity index (χ4n) is 2.14. The summed E-state index contributed by atoms with van der Waals surface area (Å²) >= 11 is 0. The number of benzene rings is 2. The first-order valence-corrected chi connectivity index (χ1v) is 7.34. The lowest BCUT2D eigenvalue weighted by molar-refractivity contribution is 0.210. The maximum atomic E-state index is 12.5. The molecule has 5 heteroatoms. The van der Waals surface area contributed by atoms with E-state index in [0.29, 0.717) is 30.9 Å². The molecule has 2 rings (SSSR count). The molecule has 2 aromatic carbocycles. The highest BCUT2D eigenvalue weighted by Crippen LogP contribution is 2.17. The molecule has 0 bridgehead atoms. The van der Waals surface area contributed by atoms with Gasteiger partial charge in [-0.1, -0.05) is 36.4 Å². The van der Waals surface area contributed by atoms with Crippen molar-refractivity contribution in [2.24, 2.45) is 0 Å². The van der Waals surface area contributed by atoms with E-state index in [1.54, 1.807) is 24.1 Å². The van der Waals surface area contributed by atoms with Gasteiger partial charge in [0.15, 0.2) is 0 Å². The van der Waals surface area contributed by atoms with Gasteiger partial charge in [-0.05, 0) is 17.7 Å². The van der Waals surface area contributed by atoms with Crippen molar-refractivity contribution < 1.29 is 9.53 Å². The molecular formula is C18H19N3O2. The number of nitriles is 1. The van der Waals surface area contributed by atoms with E-state index < -0.39 is 0 Å². The van der Waals surface area contributed by atoms with Crippen LogP contribution in [-0.4, -0.2) is 24.6 Å². The number of nitrogens with zero attached hydrogens (tertiary/aromatic N) is 2. The summed E-state index contributed by atoms with van der Waals surface area (Å²) in [5, 5.41) is 11.6. The Balaban J connectivity index is 2.08. The van der Waals surface area contributed by atoms with Crippen LogP contribution in [-0.2, 0) is 6.54 Å². The second kappa shape index (κ2) is 8.44. The molecule has 0 unspecified atom stereocenters. The predicted octanol–water partition coefficient (Wildman–Crippen LogP) is 3.64. The Kier molecular flexibility index (Phi) is 6.01. The zero-order valence-electron chi connectivity index (χ0n) is 13.0. The maximum Gasteiger partial charge on any atom is 0.322 e. The number of methoxy groups -OCH3 is 1. The molecule has 0 saturated heterocycles. The Hall–Kier alpha value is -3.00. The molecule has 118 valence electrons. The van der Waals surface area contributed by atoms with Gasteiger partial charge in [0.05, 0.1) is 19.6 Å². The van der Waals surface area contributed by atoms with E-state index in [9.17, 15) is 4.79 Å². The van der Waals surface area contributed by atoms with Gasteiger partial charge < -0.3 is 15.0 Å². The van der Waals surface area contributed by atoms with E-state index in [-0.39, 0.29) is 6.03 Å². The molecule has 0 atom stereocenters. The van der Waals surface area contributed by atoms with E-state index in [0.717, 1.165) is 5.56 Å². The number of ether oxygens (including phenoxy) is 1. The first-order chi connectivity index (χ1) is 11.2. The second-order valence-electron chi connectivity index (χ2n) is 4.98. The van der Waals surface area contributed by atoms with Crippen LogP contribution < -0.4 is 10.1 Å². The Bertz CT molecular complexity index is 680. The topological polar surface area (TPSA) is 65.4 Å². The first kappa shape index (κ1) is 16.4. The average Bonchev–Trinajstić information content (AvgIpc) is 2.59. The fourth-order valence-corrected chi connectivity index (χ4v) is 2.14. The van der Waals surface area contributed by atoms with E-state index in [4.69, 9.17) is 10.00 Å². The largest absolute Gasteiger partial charge is 0.497 e. The number of hydrogen-bond acceptors (Lipinski definition) is 3. The van der Waals surface area contributed by atoms with Crippen molar-refractivity contribution in [3.05, 3.63) is 60.2 Å². The molecule has 23 heavy (non-hydrogen) atoms. The molecule has 0 heterocycles. The molecule has 0 aliphatic rings. The Morgan fingerprint density at radius 3 is 2.70 bits per heavy atom. The van der Waals surface area contributed by atoms with Gasteiger partial charge in [0, 0.05) is 24.8 Å². The van der Waals surface area contributed by atoms with Crippen LogP contribution in [0, 0.1) is 11.3 Å². The van der Waals surface area contributed by atoms with Gasteiger partial charge >= 0.3 is 6.03 Å². The lowest BCUT2D eigenvalue weighted by atomic mass is 10.2. The molecule has 2 amide bonds. The summed E-state index contributed by atoms with van der Waals surface area (Å²) in [6.45, 7) is 0.833. The third-order valence-corrected chi connectivity index (χ3v) is 3.32. The summed E-state index contributed by atoms with van der Waals surface area (Å²) in [7, 11) is 1.58. The highest BCUT2D eigenvalue weighted by atomic mass is 16.5. The van der Waals surface area contributed by atoms with E-state index in [2.05, 4.69) is 11.4 Å². The SMILES string of the molecule is COc1cccc(NC(=O)N(CCC#N)Cc2ccccc2)c1. The van der Waals surface area contributed by atoms with Crippen LogP contribution in [0.1, 0.15) is 12.0 Å². The highest BCUT2D eigenvalue weighted by Gasteiger charge is 2.14. The van der Waals surface area contributed by atoms with Gasteiger partial charge in [-0.25, -0.2) is 4.79 Å². The molecule has 1 N–H and O–H groups in total. The molecule has 0 aromatic heterocycles. The number of amides is 2. The summed E-state index contributed by atoms with van der Waals surface area (Å²) in [6, 6.07) is 18.7. The highest BCUT2D eigenvalue weighted by molar-refractivity contribution is 5.89. The number of carbonyl (C=O) groups excluding carboxylic acids is 1. The second-order valence-corrected chi connectivity index (χ2v) is 4.98. The quantitative estimate of drug-likeness (QED) is 0.886. The minimum atomic E-state index is -0.239. The number of carbonyl (C=O) groups is 1. The molecule has 5 nitrogen and oxygen atoms in total. The summed E-state index contributed by atoms with van der Waals surface area (Å²) in [5.41, 5.74) is 1.68. The van der Waals surface area contributed by atoms with Crippen LogP contribution in [0.2, 0.25) is 0 Å². The van der Waals surface area contributed by atoms with E-state index in [1.807, 2.05) is 42.5 Å². The van der Waals surface area contributed by atoms with Crippen LogP contribution in [0.3, 0.4) is 0 Å². The lowest BCUT2D eigenvalue weighted by Crippen LogP contribution is -2.35. The average molecular weight is 309 g/mol. The number of urea groups is 1. The van der Waals surface area contributed by atoms with Gasteiger partial charge in [-0.15, -0.1) is 0 Å². The Morgan fingerprint density at radius 1 is 1.22 bits per heavy atom. The number of anilines is 1. The number of hydrogen-bond donors (Lipinski definition) is 1. The standard InChI is InChI=1S/C18H19N3O2/c1-23-17-10-5-9-16(13-17)20-18(22)21(12-6-11-19)14-15-7-3-2-4-8-15/h2-5,7-10,13H,6,12,14H2,1H3,(H,20,22). The maximum absolute atomic E-state index is 12.5. The summed E-state index contributed by atoms with van der Waals surface area (Å²) < 4.78 is 5.15. The monoisotopic (exact) mass is 309 g/mol. The van der Waals surface area contributed by atoms with Gasteiger partial charge in [0.25, 0.3) is 0 Å². The predicted molar refractivity (Wildman–Crippen MR) is 89.1 cm³/mol. The summed E-state index contributed by atoms with van der Waals surface area (Å²) in [6.07, 6.45) is 0.290. The van der Waals surface area contributed by atoms with Crippen molar-refractivity contribution in [3.8, 4) is 11.8 Å². The van der Waals surface area contributed by atoms with Gasteiger partial charge in [-0.2, -0.15) is 5.26 Å². The Morgan fingerprint density at radius 2 is 2.00 bits per heavy atom. The summed E-state index contributed by atoms with van der Waals surface area (Å²) in [5.74, 6) is 0.675. The van der Waals surface area contributed by atoms with Crippen LogP contribution in [0.4, 0.5) is 10.5 Å². The molecule has 0 aliphatic carbocycles. The first-order valence-electron chi connectivity index (χ1n) is 7.34. The Labute approximate surface area is 136 Å². The third-order valence-electron chi connectivity index (χ3n) is 3.32. The van der Waals surface area contributed by atoms with Gasteiger partial charge in [-0.3, -0.25) is 0 Å². The van der Waals surface area contributed by atoms with Crippen molar-refractivity contribution in [2.75, 3.05) is 19.0 Å². The van der Waals surface area contributed by atoms with Crippen LogP contribution in [0.25, 0.3) is 0 Å².